The molecule has 0 saturated carbocycles. The lowest BCUT2D eigenvalue weighted by molar-refractivity contribution is -0.142. The minimum Gasteiger partial charge on any atom is -0.502 e. The Morgan fingerprint density at radius 3 is 2.40 bits per heavy atom. The third-order valence-corrected chi connectivity index (χ3v) is 3.69. The second-order valence-electron chi connectivity index (χ2n) is 5.42. The monoisotopic (exact) mass is 276 g/mol. The summed E-state index contributed by atoms with van der Waals surface area (Å²) in [4.78, 5) is 11.5. The molecule has 0 radical (unpaired) electrons. The van der Waals surface area contributed by atoms with E-state index in [2.05, 4.69) is 13.8 Å². The largest absolute Gasteiger partial charge is 0.502 e. The standard InChI is InChI=1S/C16H20O4/c1-8(2)11-7-13(19-5)9(3)6-12(11)15-10(4)14(17)16(18)20-15/h6-8,15,17H,1-5H3. The highest BCUT2D eigenvalue weighted by atomic mass is 16.6. The van der Waals surface area contributed by atoms with Gasteiger partial charge >= 0.3 is 5.97 Å². The zero-order valence-corrected chi connectivity index (χ0v) is 12.5. The molecule has 1 aliphatic rings. The number of aryl methyl sites for hydroxylation is 1. The van der Waals surface area contributed by atoms with Crippen LogP contribution in [0.1, 0.15) is 49.5 Å². The van der Waals surface area contributed by atoms with Crippen LogP contribution in [0.2, 0.25) is 0 Å². The normalized spacial score (nSPS) is 18.7. The van der Waals surface area contributed by atoms with Crippen LogP contribution in [0, 0.1) is 6.92 Å². The summed E-state index contributed by atoms with van der Waals surface area (Å²) in [7, 11) is 1.64. The first-order valence-corrected chi connectivity index (χ1v) is 6.66. The van der Waals surface area contributed by atoms with Crippen LogP contribution in [0.4, 0.5) is 0 Å². The number of hydrogen-bond donors (Lipinski definition) is 1. The van der Waals surface area contributed by atoms with Gasteiger partial charge in [-0.1, -0.05) is 13.8 Å². The maximum Gasteiger partial charge on any atom is 0.374 e. The minimum atomic E-state index is -0.657. The van der Waals surface area contributed by atoms with Crippen molar-refractivity contribution >= 4 is 5.97 Å². The molecule has 1 aliphatic heterocycles. The Morgan fingerprint density at radius 1 is 1.30 bits per heavy atom. The maximum atomic E-state index is 11.5. The highest BCUT2D eigenvalue weighted by Crippen LogP contribution is 2.40. The fourth-order valence-corrected chi connectivity index (χ4v) is 2.51. The predicted molar refractivity (Wildman–Crippen MR) is 76.0 cm³/mol. The van der Waals surface area contributed by atoms with Gasteiger partial charge in [-0.15, -0.1) is 0 Å². The molecule has 108 valence electrons. The summed E-state index contributed by atoms with van der Waals surface area (Å²) in [6.45, 7) is 7.81. The number of rotatable bonds is 3. The molecule has 4 heteroatoms. The zero-order valence-electron chi connectivity index (χ0n) is 12.5. The number of benzene rings is 1. The average molecular weight is 276 g/mol. The molecule has 1 atom stereocenters. The van der Waals surface area contributed by atoms with Crippen molar-refractivity contribution < 1.29 is 19.4 Å². The molecule has 0 bridgehead atoms. The Morgan fingerprint density at radius 2 is 1.95 bits per heavy atom. The summed E-state index contributed by atoms with van der Waals surface area (Å²) in [6.07, 6.45) is -0.510. The van der Waals surface area contributed by atoms with E-state index in [1.54, 1.807) is 14.0 Å². The fraction of sp³-hybridized carbons (Fsp3) is 0.438. The molecule has 1 unspecified atom stereocenters. The van der Waals surface area contributed by atoms with Gasteiger partial charge in [-0.05, 0) is 43.0 Å². The Hall–Kier alpha value is -1.97. The molecule has 1 heterocycles. The number of aliphatic hydroxyl groups is 1. The SMILES string of the molecule is COc1cc(C(C)C)c(C2OC(=O)C(O)=C2C)cc1C. The fourth-order valence-electron chi connectivity index (χ4n) is 2.51. The lowest BCUT2D eigenvalue weighted by Gasteiger charge is -2.21. The third kappa shape index (κ3) is 2.26. The van der Waals surface area contributed by atoms with E-state index in [-0.39, 0.29) is 11.7 Å². The van der Waals surface area contributed by atoms with Crippen LogP contribution in [0.5, 0.6) is 5.75 Å². The smallest absolute Gasteiger partial charge is 0.374 e. The molecule has 1 N–H and O–H groups in total. The van der Waals surface area contributed by atoms with Gasteiger partial charge in [0.1, 0.15) is 5.75 Å². The molecule has 0 saturated heterocycles. The summed E-state index contributed by atoms with van der Waals surface area (Å²) in [5.74, 6) is 0.134. The lowest BCUT2D eigenvalue weighted by atomic mass is 9.89. The van der Waals surface area contributed by atoms with Gasteiger partial charge in [0.05, 0.1) is 7.11 Å². The molecule has 0 amide bonds. The zero-order chi connectivity index (χ0) is 15.0. The molecule has 1 aromatic rings. The first kappa shape index (κ1) is 14.4. The van der Waals surface area contributed by atoms with E-state index in [9.17, 15) is 9.90 Å². The topological polar surface area (TPSA) is 55.8 Å². The van der Waals surface area contributed by atoms with Gasteiger partial charge in [-0.3, -0.25) is 0 Å². The van der Waals surface area contributed by atoms with E-state index < -0.39 is 12.1 Å². The Balaban J connectivity index is 2.57. The van der Waals surface area contributed by atoms with Crippen molar-refractivity contribution in [1.29, 1.82) is 0 Å². The average Bonchev–Trinajstić information content (AvgIpc) is 2.65. The van der Waals surface area contributed by atoms with E-state index >= 15 is 0 Å². The molecule has 4 nitrogen and oxygen atoms in total. The predicted octanol–water partition coefficient (Wildman–Crippen LogP) is 3.56. The van der Waals surface area contributed by atoms with E-state index in [0.717, 1.165) is 22.4 Å². The van der Waals surface area contributed by atoms with Crippen LogP contribution in [-0.2, 0) is 9.53 Å². The second kappa shape index (κ2) is 5.19. The lowest BCUT2D eigenvalue weighted by Crippen LogP contribution is -2.08. The number of aliphatic hydroxyl groups excluding tert-OH is 1. The van der Waals surface area contributed by atoms with Gasteiger partial charge in [-0.25, -0.2) is 4.79 Å². The van der Waals surface area contributed by atoms with E-state index in [4.69, 9.17) is 9.47 Å². The van der Waals surface area contributed by atoms with Crippen molar-refractivity contribution in [2.75, 3.05) is 7.11 Å². The van der Waals surface area contributed by atoms with Crippen LogP contribution >= 0.6 is 0 Å². The van der Waals surface area contributed by atoms with E-state index in [1.807, 2.05) is 19.1 Å². The van der Waals surface area contributed by atoms with Gasteiger partial charge in [-0.2, -0.15) is 0 Å². The van der Waals surface area contributed by atoms with Crippen LogP contribution in [0.15, 0.2) is 23.5 Å². The number of carbonyl (C=O) groups is 1. The molecule has 2 rings (SSSR count). The maximum absolute atomic E-state index is 11.5. The number of ether oxygens (including phenoxy) is 2. The molecule has 0 spiro atoms. The minimum absolute atomic E-state index is 0.258. The quantitative estimate of drug-likeness (QED) is 0.858. The van der Waals surface area contributed by atoms with Gasteiger partial charge in [0.25, 0.3) is 0 Å². The number of cyclic esters (lactones) is 1. The van der Waals surface area contributed by atoms with Crippen LogP contribution < -0.4 is 4.74 Å². The molecule has 0 aromatic heterocycles. The number of carbonyl (C=O) groups excluding carboxylic acids is 1. The molecule has 20 heavy (non-hydrogen) atoms. The number of methoxy groups -OCH3 is 1. The molecule has 0 aliphatic carbocycles. The van der Waals surface area contributed by atoms with Crippen molar-refractivity contribution in [2.45, 2.75) is 39.7 Å². The van der Waals surface area contributed by atoms with Gasteiger partial charge in [0.15, 0.2) is 6.10 Å². The summed E-state index contributed by atoms with van der Waals surface area (Å²) in [6, 6.07) is 3.94. The van der Waals surface area contributed by atoms with Gasteiger partial charge < -0.3 is 14.6 Å². The van der Waals surface area contributed by atoms with Gasteiger partial charge in [0.2, 0.25) is 5.76 Å². The summed E-state index contributed by atoms with van der Waals surface area (Å²) < 4.78 is 10.6. The van der Waals surface area contributed by atoms with Crippen molar-refractivity contribution in [3.05, 3.63) is 40.2 Å². The first-order valence-electron chi connectivity index (χ1n) is 6.66. The van der Waals surface area contributed by atoms with Crippen LogP contribution in [0.3, 0.4) is 0 Å². The van der Waals surface area contributed by atoms with E-state index in [1.165, 1.54) is 0 Å². The van der Waals surface area contributed by atoms with Crippen molar-refractivity contribution in [2.24, 2.45) is 0 Å². The molecular formula is C16H20O4. The highest BCUT2D eigenvalue weighted by molar-refractivity contribution is 5.89. The molecule has 0 fully saturated rings. The van der Waals surface area contributed by atoms with Gasteiger partial charge in [0, 0.05) is 11.1 Å². The second-order valence-corrected chi connectivity index (χ2v) is 5.42. The first-order chi connectivity index (χ1) is 9.36. The summed E-state index contributed by atoms with van der Waals surface area (Å²) in [5, 5.41) is 9.68. The summed E-state index contributed by atoms with van der Waals surface area (Å²) >= 11 is 0. The molecule has 1 aromatic carbocycles. The molecular weight excluding hydrogens is 256 g/mol. The Kier molecular flexibility index (Phi) is 3.75. The van der Waals surface area contributed by atoms with Crippen molar-refractivity contribution in [1.82, 2.24) is 0 Å². The van der Waals surface area contributed by atoms with Crippen LogP contribution in [-0.4, -0.2) is 18.2 Å². The Bertz CT molecular complexity index is 584. The highest BCUT2D eigenvalue weighted by Gasteiger charge is 2.34. The third-order valence-electron chi connectivity index (χ3n) is 3.69. The van der Waals surface area contributed by atoms with E-state index in [0.29, 0.717) is 5.57 Å². The number of esters is 1. The number of hydrogen-bond acceptors (Lipinski definition) is 4. The Labute approximate surface area is 119 Å². The van der Waals surface area contributed by atoms with Crippen molar-refractivity contribution in [3.63, 3.8) is 0 Å². The van der Waals surface area contributed by atoms with Crippen LogP contribution in [0.25, 0.3) is 0 Å². The van der Waals surface area contributed by atoms with Crippen molar-refractivity contribution in [3.8, 4) is 5.75 Å². The summed E-state index contributed by atoms with van der Waals surface area (Å²) in [5.41, 5.74) is 3.50.